The number of carbonyl (C=O) groups excluding carboxylic acids is 2. The van der Waals surface area contributed by atoms with Crippen LogP contribution in [0.2, 0.25) is 0 Å². The normalized spacial score (nSPS) is 21.5. The summed E-state index contributed by atoms with van der Waals surface area (Å²) in [4.78, 5) is 32.6. The van der Waals surface area contributed by atoms with Gasteiger partial charge in [-0.15, -0.1) is 0 Å². The summed E-state index contributed by atoms with van der Waals surface area (Å²) in [7, 11) is 0. The Balaban J connectivity index is 1.23. The van der Waals surface area contributed by atoms with E-state index in [1.807, 2.05) is 18.2 Å². The molecular formula is C35H28F2N4O2S. The second-order valence-corrected chi connectivity index (χ2v) is 12.1. The highest BCUT2D eigenvalue weighted by Crippen LogP contribution is 2.42. The van der Waals surface area contributed by atoms with Crippen LogP contribution >= 0.6 is 11.7 Å². The Morgan fingerprint density at radius 3 is 1.68 bits per heavy atom. The van der Waals surface area contributed by atoms with Gasteiger partial charge < -0.3 is 4.90 Å². The number of hydrogen-bond acceptors (Lipinski definition) is 7. The Kier molecular flexibility index (Phi) is 7.13. The van der Waals surface area contributed by atoms with Crippen molar-refractivity contribution in [2.24, 2.45) is 16.8 Å². The summed E-state index contributed by atoms with van der Waals surface area (Å²) in [6.45, 7) is 4.13. The highest BCUT2D eigenvalue weighted by molar-refractivity contribution is 7.00. The fourth-order valence-corrected chi connectivity index (χ4v) is 6.76. The average Bonchev–Trinajstić information content (AvgIpc) is 3.60. The van der Waals surface area contributed by atoms with Crippen LogP contribution in [0.1, 0.15) is 24.0 Å². The van der Waals surface area contributed by atoms with Gasteiger partial charge in [-0.2, -0.15) is 8.75 Å². The lowest BCUT2D eigenvalue weighted by atomic mass is 9.79. The van der Waals surface area contributed by atoms with Crippen molar-refractivity contribution < 1.29 is 18.4 Å². The molecule has 0 saturated heterocycles. The van der Waals surface area contributed by atoms with Gasteiger partial charge in [0.1, 0.15) is 23.4 Å². The molecule has 0 spiro atoms. The number of anilines is 3. The molecule has 0 radical (unpaired) electrons. The number of benzene rings is 4. The monoisotopic (exact) mass is 606 g/mol. The number of aromatic nitrogens is 2. The molecule has 2 saturated carbocycles. The number of nitrogens with zero attached hydrogens (tertiary/aromatic N) is 4. The molecule has 220 valence electrons. The Labute approximate surface area is 257 Å². The Bertz CT molecular complexity index is 1840. The van der Waals surface area contributed by atoms with E-state index in [0.29, 0.717) is 16.7 Å². The molecule has 4 atom stereocenters. The number of carbonyl (C=O) groups is 2. The lowest BCUT2D eigenvalue weighted by Gasteiger charge is -2.27. The zero-order valence-electron chi connectivity index (χ0n) is 24.1. The van der Waals surface area contributed by atoms with Crippen molar-refractivity contribution >= 4 is 62.8 Å². The number of aryl methyl sites for hydroxylation is 2. The largest absolute Gasteiger partial charge is 0.311 e. The number of Topliss-reactive ketones (excluding diaryl/α,β-unsaturated/α-hetero) is 2. The molecule has 0 bridgehead atoms. The quantitative estimate of drug-likeness (QED) is 0.201. The van der Waals surface area contributed by atoms with Crippen molar-refractivity contribution in [1.29, 1.82) is 0 Å². The number of rotatable bonds is 5. The summed E-state index contributed by atoms with van der Waals surface area (Å²) in [6.07, 6.45) is -4.06. The van der Waals surface area contributed by atoms with E-state index in [1.165, 1.54) is 11.1 Å². The van der Waals surface area contributed by atoms with E-state index >= 15 is 0 Å². The molecule has 0 amide bonds. The maximum Gasteiger partial charge on any atom is 0.188 e. The number of ketones is 2. The van der Waals surface area contributed by atoms with Crippen molar-refractivity contribution in [1.82, 2.24) is 8.75 Å². The summed E-state index contributed by atoms with van der Waals surface area (Å²) in [5.74, 6) is -2.75. The zero-order chi connectivity index (χ0) is 30.5. The van der Waals surface area contributed by atoms with Gasteiger partial charge in [-0.25, -0.2) is 13.8 Å². The molecule has 1 heterocycles. The van der Waals surface area contributed by atoms with Crippen LogP contribution in [0.4, 0.5) is 31.5 Å². The van der Waals surface area contributed by atoms with Crippen molar-refractivity contribution in [3.63, 3.8) is 0 Å². The molecule has 4 unspecified atom stereocenters. The third kappa shape index (κ3) is 4.91. The van der Waals surface area contributed by atoms with Crippen LogP contribution in [0, 0.1) is 25.7 Å². The van der Waals surface area contributed by atoms with E-state index in [4.69, 9.17) is 0 Å². The molecule has 4 aromatic carbocycles. The molecule has 0 aliphatic heterocycles. The van der Waals surface area contributed by atoms with Gasteiger partial charge in [0.05, 0.1) is 17.4 Å². The maximum atomic E-state index is 14.0. The van der Waals surface area contributed by atoms with Crippen LogP contribution in [-0.4, -0.2) is 38.4 Å². The SMILES string of the molecule is Cc1ccc(N(c2ccc(C)cc2)c2ccc(-c3ccc(N=C4C(=O)C5CC(F)C(F)CC5C4=O)c4nsnc34)cc2)cc1. The van der Waals surface area contributed by atoms with Gasteiger partial charge in [0.15, 0.2) is 17.3 Å². The second-order valence-electron chi connectivity index (χ2n) is 11.6. The molecule has 5 aromatic rings. The topological polar surface area (TPSA) is 75.5 Å². The number of alkyl halides is 2. The molecule has 9 heteroatoms. The Morgan fingerprint density at radius 1 is 0.682 bits per heavy atom. The molecule has 2 fully saturated rings. The van der Waals surface area contributed by atoms with Crippen LogP contribution in [0.15, 0.2) is 89.9 Å². The predicted molar refractivity (Wildman–Crippen MR) is 170 cm³/mol. The molecule has 7 rings (SSSR count). The lowest BCUT2D eigenvalue weighted by molar-refractivity contribution is -0.123. The minimum Gasteiger partial charge on any atom is -0.311 e. The number of aliphatic imine (C=N–C) groups is 1. The highest BCUT2D eigenvalue weighted by Gasteiger charge is 2.52. The van der Waals surface area contributed by atoms with E-state index in [0.717, 1.165) is 39.9 Å². The predicted octanol–water partition coefficient (Wildman–Crippen LogP) is 8.37. The molecule has 0 N–H and O–H groups in total. The van der Waals surface area contributed by atoms with Crippen molar-refractivity contribution in [3.05, 3.63) is 96.1 Å². The maximum absolute atomic E-state index is 14.0. The lowest BCUT2D eigenvalue weighted by Crippen LogP contribution is -2.35. The summed E-state index contributed by atoms with van der Waals surface area (Å²) in [5, 5.41) is 0. The van der Waals surface area contributed by atoms with Gasteiger partial charge in [-0.3, -0.25) is 9.59 Å². The average molecular weight is 607 g/mol. The fraction of sp³-hybridized carbons (Fsp3) is 0.229. The van der Waals surface area contributed by atoms with Crippen LogP contribution in [0.3, 0.4) is 0 Å². The Morgan fingerprint density at radius 2 is 1.16 bits per heavy atom. The molecule has 6 nitrogen and oxygen atoms in total. The number of fused-ring (bicyclic) bond motifs is 2. The summed E-state index contributed by atoms with van der Waals surface area (Å²) < 4.78 is 37.0. The van der Waals surface area contributed by atoms with Crippen molar-refractivity contribution in [2.45, 2.75) is 39.0 Å². The first kappa shape index (κ1) is 28.2. The molecule has 2 aliphatic carbocycles. The third-order valence-corrected chi connectivity index (χ3v) is 9.15. The van der Waals surface area contributed by atoms with Gasteiger partial charge in [0, 0.05) is 34.5 Å². The minimum absolute atomic E-state index is 0.250. The van der Waals surface area contributed by atoms with Crippen LogP contribution in [0.25, 0.3) is 22.2 Å². The molecule has 2 aliphatic rings. The standard InChI is InChI=1S/C35H28F2N4O2S/c1-19-3-9-22(10-4-19)41(23-11-5-20(2)6-12-23)24-13-7-21(8-14-24)25-15-16-30(32-31(25)39-44-40-32)38-33-34(42)26-17-28(36)29(37)18-27(26)35(33)43/h3-16,26-29H,17-18H2,1-2H3. The van der Waals surface area contributed by atoms with Gasteiger partial charge in [0.25, 0.3) is 0 Å². The van der Waals surface area contributed by atoms with Gasteiger partial charge in [0.2, 0.25) is 0 Å². The first-order chi connectivity index (χ1) is 21.3. The smallest absolute Gasteiger partial charge is 0.188 e. The van der Waals surface area contributed by atoms with Crippen molar-refractivity contribution in [3.8, 4) is 11.1 Å². The van der Waals surface area contributed by atoms with E-state index in [-0.39, 0.29) is 18.6 Å². The van der Waals surface area contributed by atoms with Gasteiger partial charge >= 0.3 is 0 Å². The van der Waals surface area contributed by atoms with Gasteiger partial charge in [-0.1, -0.05) is 47.5 Å². The van der Waals surface area contributed by atoms with Crippen molar-refractivity contribution in [2.75, 3.05) is 4.90 Å². The fourth-order valence-electron chi connectivity index (χ4n) is 6.19. The third-order valence-electron chi connectivity index (χ3n) is 8.62. The first-order valence-electron chi connectivity index (χ1n) is 14.5. The van der Waals surface area contributed by atoms with E-state index in [2.05, 4.69) is 93.2 Å². The van der Waals surface area contributed by atoms with Crippen LogP contribution < -0.4 is 4.90 Å². The summed E-state index contributed by atoms with van der Waals surface area (Å²) in [6, 6.07) is 28.5. The highest BCUT2D eigenvalue weighted by atomic mass is 32.1. The minimum atomic E-state index is -1.74. The number of halogens is 2. The molecule has 44 heavy (non-hydrogen) atoms. The summed E-state index contributed by atoms with van der Waals surface area (Å²) >= 11 is 1.01. The molecule has 1 aromatic heterocycles. The zero-order valence-corrected chi connectivity index (χ0v) is 24.9. The second kappa shape index (κ2) is 11.1. The molecular weight excluding hydrogens is 578 g/mol. The van der Waals surface area contributed by atoms with E-state index in [9.17, 15) is 18.4 Å². The van der Waals surface area contributed by atoms with Crippen LogP contribution in [-0.2, 0) is 9.59 Å². The van der Waals surface area contributed by atoms with E-state index in [1.54, 1.807) is 6.07 Å². The van der Waals surface area contributed by atoms with Crippen LogP contribution in [0.5, 0.6) is 0 Å². The number of hydrogen-bond donors (Lipinski definition) is 0. The van der Waals surface area contributed by atoms with Gasteiger partial charge in [-0.05, 0) is 80.8 Å². The Hall–Kier alpha value is -4.63. The first-order valence-corrected chi connectivity index (χ1v) is 15.3. The van der Waals surface area contributed by atoms with E-state index < -0.39 is 35.7 Å². The summed E-state index contributed by atoms with van der Waals surface area (Å²) in [5.41, 5.74) is 8.34.